The molecule has 0 spiro atoms. The quantitative estimate of drug-likeness (QED) is 0.733. The van der Waals surface area contributed by atoms with Crippen molar-refractivity contribution in [3.8, 4) is 5.75 Å². The zero-order chi connectivity index (χ0) is 8.23. The van der Waals surface area contributed by atoms with Crippen LogP contribution in [0.3, 0.4) is 0 Å². The Morgan fingerprint density at radius 2 is 2.58 bits per heavy atom. The molecule has 0 radical (unpaired) electrons. The molecule has 12 heavy (non-hydrogen) atoms. The number of hydrogen-bond donors (Lipinski definition) is 0. The van der Waals surface area contributed by atoms with Crippen LogP contribution in [0.4, 0.5) is 0 Å². The highest BCUT2D eigenvalue weighted by molar-refractivity contribution is 7.99. The van der Waals surface area contributed by atoms with Crippen molar-refractivity contribution in [1.82, 2.24) is 4.37 Å². The van der Waals surface area contributed by atoms with Crippen molar-refractivity contribution in [2.45, 2.75) is 18.9 Å². The van der Waals surface area contributed by atoms with Crippen molar-refractivity contribution in [1.29, 1.82) is 0 Å². The lowest BCUT2D eigenvalue weighted by atomic mass is 10.2. The van der Waals surface area contributed by atoms with E-state index in [9.17, 15) is 0 Å². The van der Waals surface area contributed by atoms with Gasteiger partial charge in [0.15, 0.2) is 0 Å². The van der Waals surface area contributed by atoms with Crippen molar-refractivity contribution in [2.24, 2.45) is 0 Å². The number of nitrogens with zero attached hydrogens (tertiary/aromatic N) is 1. The van der Waals surface area contributed by atoms with Gasteiger partial charge in [0.2, 0.25) is 0 Å². The Morgan fingerprint density at radius 1 is 1.58 bits per heavy atom. The van der Waals surface area contributed by atoms with Gasteiger partial charge in [-0.15, -0.1) is 0 Å². The maximum Gasteiger partial charge on any atom is 0.150 e. The minimum atomic E-state index is 0.417. The first-order valence-electron chi connectivity index (χ1n) is 4.09. The van der Waals surface area contributed by atoms with Gasteiger partial charge >= 0.3 is 0 Å². The first-order chi connectivity index (χ1) is 5.95. The number of hydrogen-bond acceptors (Lipinski definition) is 4. The molecule has 1 unspecified atom stereocenters. The van der Waals surface area contributed by atoms with Crippen molar-refractivity contribution < 1.29 is 4.74 Å². The standard InChI is InChI=1S/C8H11NOS2/c1-2-7(5-11-3-1)10-8-4-9-12-6-8/h4,6-7H,1-3,5H2. The Balaban J connectivity index is 1.86. The first kappa shape index (κ1) is 8.38. The van der Waals surface area contributed by atoms with E-state index in [1.165, 1.54) is 30.1 Å². The third kappa shape index (κ3) is 2.14. The molecule has 66 valence electrons. The highest BCUT2D eigenvalue weighted by atomic mass is 32.2. The second-order valence-electron chi connectivity index (χ2n) is 2.82. The summed E-state index contributed by atoms with van der Waals surface area (Å²) >= 11 is 3.43. The molecule has 0 amide bonds. The normalized spacial score (nSPS) is 23.8. The van der Waals surface area contributed by atoms with Crippen LogP contribution in [0, 0.1) is 0 Å². The minimum absolute atomic E-state index is 0.417. The van der Waals surface area contributed by atoms with Crippen LogP contribution in [0.2, 0.25) is 0 Å². The van der Waals surface area contributed by atoms with E-state index in [1.54, 1.807) is 6.20 Å². The summed E-state index contributed by atoms with van der Waals surface area (Å²) in [6, 6.07) is 0. The molecule has 2 rings (SSSR count). The van der Waals surface area contributed by atoms with E-state index >= 15 is 0 Å². The predicted octanol–water partition coefficient (Wildman–Crippen LogP) is 2.42. The lowest BCUT2D eigenvalue weighted by molar-refractivity contribution is 0.212. The van der Waals surface area contributed by atoms with E-state index in [0.717, 1.165) is 11.5 Å². The molecule has 1 aromatic rings. The molecule has 0 aliphatic carbocycles. The lowest BCUT2D eigenvalue weighted by Crippen LogP contribution is -2.22. The monoisotopic (exact) mass is 201 g/mol. The second kappa shape index (κ2) is 4.14. The largest absolute Gasteiger partial charge is 0.487 e. The molecule has 2 heterocycles. The van der Waals surface area contributed by atoms with Crippen molar-refractivity contribution in [2.75, 3.05) is 11.5 Å². The molecule has 1 aliphatic rings. The SMILES string of the molecule is c1nscc1OC1CCCSC1. The van der Waals surface area contributed by atoms with Gasteiger partial charge in [0, 0.05) is 5.75 Å². The summed E-state index contributed by atoms with van der Waals surface area (Å²) in [6.07, 6.45) is 4.69. The average Bonchev–Trinajstić information content (AvgIpc) is 2.59. The minimum Gasteiger partial charge on any atom is -0.487 e. The maximum absolute atomic E-state index is 5.72. The van der Waals surface area contributed by atoms with E-state index < -0.39 is 0 Å². The molecule has 1 aromatic heterocycles. The fourth-order valence-electron chi connectivity index (χ4n) is 1.25. The zero-order valence-corrected chi connectivity index (χ0v) is 8.37. The Labute approximate surface area is 80.5 Å². The first-order valence-corrected chi connectivity index (χ1v) is 6.08. The van der Waals surface area contributed by atoms with Crippen molar-refractivity contribution in [3.05, 3.63) is 11.6 Å². The summed E-state index contributed by atoms with van der Waals surface area (Å²) in [7, 11) is 0. The van der Waals surface area contributed by atoms with Gasteiger partial charge < -0.3 is 4.74 Å². The Kier molecular flexibility index (Phi) is 2.89. The number of aromatic nitrogens is 1. The van der Waals surface area contributed by atoms with E-state index in [4.69, 9.17) is 4.74 Å². The van der Waals surface area contributed by atoms with E-state index in [-0.39, 0.29) is 0 Å². The smallest absolute Gasteiger partial charge is 0.150 e. The summed E-state index contributed by atoms with van der Waals surface area (Å²) in [5, 5.41) is 1.96. The fourth-order valence-corrected chi connectivity index (χ4v) is 2.73. The van der Waals surface area contributed by atoms with E-state index in [2.05, 4.69) is 4.37 Å². The molecular weight excluding hydrogens is 190 g/mol. The summed E-state index contributed by atoms with van der Waals surface area (Å²) in [4.78, 5) is 0. The van der Waals surface area contributed by atoms with Crippen LogP contribution in [0.5, 0.6) is 5.75 Å². The van der Waals surface area contributed by atoms with E-state index in [1.807, 2.05) is 17.1 Å². The van der Waals surface area contributed by atoms with Gasteiger partial charge in [-0.25, -0.2) is 0 Å². The van der Waals surface area contributed by atoms with Crippen LogP contribution < -0.4 is 4.74 Å². The van der Waals surface area contributed by atoms with Crippen LogP contribution in [0.15, 0.2) is 11.6 Å². The molecule has 0 aromatic carbocycles. The molecule has 1 aliphatic heterocycles. The number of thioether (sulfide) groups is 1. The van der Waals surface area contributed by atoms with Crippen LogP contribution in [0.1, 0.15) is 12.8 Å². The highest BCUT2D eigenvalue weighted by Gasteiger charge is 2.15. The van der Waals surface area contributed by atoms with Gasteiger partial charge in [-0.1, -0.05) is 0 Å². The van der Waals surface area contributed by atoms with Crippen LogP contribution in [-0.4, -0.2) is 22.0 Å². The predicted molar refractivity (Wildman–Crippen MR) is 53.1 cm³/mol. The summed E-state index contributed by atoms with van der Waals surface area (Å²) in [5.74, 6) is 3.37. The topological polar surface area (TPSA) is 22.1 Å². The molecule has 2 nitrogen and oxygen atoms in total. The molecule has 0 saturated carbocycles. The third-order valence-corrected chi connectivity index (χ3v) is 3.58. The van der Waals surface area contributed by atoms with Crippen molar-refractivity contribution in [3.63, 3.8) is 0 Å². The second-order valence-corrected chi connectivity index (χ2v) is 4.62. The third-order valence-electron chi connectivity index (χ3n) is 1.83. The molecule has 4 heteroatoms. The lowest BCUT2D eigenvalue weighted by Gasteiger charge is -2.21. The van der Waals surface area contributed by atoms with Crippen LogP contribution in [0.25, 0.3) is 0 Å². The molecule has 1 saturated heterocycles. The Hall–Kier alpha value is -0.220. The van der Waals surface area contributed by atoms with Gasteiger partial charge in [-0.3, -0.25) is 0 Å². The Morgan fingerprint density at radius 3 is 3.25 bits per heavy atom. The van der Waals surface area contributed by atoms with Crippen molar-refractivity contribution >= 4 is 23.3 Å². The van der Waals surface area contributed by atoms with Gasteiger partial charge in [0.25, 0.3) is 0 Å². The van der Waals surface area contributed by atoms with Gasteiger partial charge in [-0.05, 0) is 30.1 Å². The summed E-state index contributed by atoms with van der Waals surface area (Å²) in [6.45, 7) is 0. The van der Waals surface area contributed by atoms with E-state index in [0.29, 0.717) is 6.10 Å². The molecule has 0 bridgehead atoms. The highest BCUT2D eigenvalue weighted by Crippen LogP contribution is 2.22. The maximum atomic E-state index is 5.72. The van der Waals surface area contributed by atoms with Crippen LogP contribution in [-0.2, 0) is 0 Å². The fraction of sp³-hybridized carbons (Fsp3) is 0.625. The zero-order valence-electron chi connectivity index (χ0n) is 6.73. The summed E-state index contributed by atoms with van der Waals surface area (Å²) < 4.78 is 9.72. The number of rotatable bonds is 2. The number of ether oxygens (including phenoxy) is 1. The average molecular weight is 201 g/mol. The molecule has 1 fully saturated rings. The van der Waals surface area contributed by atoms with Crippen LogP contribution >= 0.6 is 23.3 Å². The van der Waals surface area contributed by atoms with Gasteiger partial charge in [-0.2, -0.15) is 16.1 Å². The molecule has 0 N–H and O–H groups in total. The Bertz CT molecular complexity index is 219. The molecule has 1 atom stereocenters. The molecular formula is C8H11NOS2. The van der Waals surface area contributed by atoms with Gasteiger partial charge in [0.1, 0.15) is 11.9 Å². The summed E-state index contributed by atoms with van der Waals surface area (Å²) in [5.41, 5.74) is 0. The van der Waals surface area contributed by atoms with Gasteiger partial charge in [0.05, 0.1) is 11.6 Å².